The molecule has 0 aromatic carbocycles. The van der Waals surface area contributed by atoms with Crippen LogP contribution < -0.4 is 10.9 Å². The van der Waals surface area contributed by atoms with Crippen LogP contribution in [0.4, 0.5) is 5.95 Å². The molecule has 8 heteroatoms. The van der Waals surface area contributed by atoms with Gasteiger partial charge >= 0.3 is 0 Å². The molecule has 1 fully saturated rings. The second-order valence-corrected chi connectivity index (χ2v) is 6.31. The molecule has 1 unspecified atom stereocenters. The number of halogens is 1. The van der Waals surface area contributed by atoms with Crippen LogP contribution in [0.5, 0.6) is 0 Å². The van der Waals surface area contributed by atoms with Gasteiger partial charge in [0, 0.05) is 31.4 Å². The van der Waals surface area contributed by atoms with Gasteiger partial charge in [0.1, 0.15) is 0 Å². The van der Waals surface area contributed by atoms with Gasteiger partial charge in [-0.25, -0.2) is 14.6 Å². The minimum Gasteiger partial charge on any atom is -0.353 e. The minimum absolute atomic E-state index is 0.0567. The van der Waals surface area contributed by atoms with Crippen molar-refractivity contribution in [2.24, 2.45) is 0 Å². The van der Waals surface area contributed by atoms with Gasteiger partial charge in [-0.05, 0) is 25.5 Å². The van der Waals surface area contributed by atoms with Crippen LogP contribution >= 0.6 is 11.6 Å². The summed E-state index contributed by atoms with van der Waals surface area (Å²) < 4.78 is 1.52. The van der Waals surface area contributed by atoms with Crippen LogP contribution in [0.15, 0.2) is 35.5 Å². The molecule has 7 nitrogen and oxygen atoms in total. The molecule has 0 amide bonds. The van der Waals surface area contributed by atoms with Crippen LogP contribution in [0.2, 0.25) is 5.02 Å². The van der Waals surface area contributed by atoms with Crippen molar-refractivity contribution in [3.05, 3.63) is 46.1 Å². The lowest BCUT2D eigenvalue weighted by atomic mass is 10.0. The van der Waals surface area contributed by atoms with E-state index in [2.05, 4.69) is 25.3 Å². The maximum atomic E-state index is 11.8. The molecule has 1 atom stereocenters. The number of anilines is 1. The molecule has 3 heterocycles. The molecule has 3 rings (SSSR count). The second-order valence-electron chi connectivity index (χ2n) is 5.88. The fraction of sp³-hybridized carbons (Fsp3) is 0.500. The lowest BCUT2D eigenvalue weighted by Gasteiger charge is -2.35. The van der Waals surface area contributed by atoms with Gasteiger partial charge in [0.15, 0.2) is 0 Å². The smallest absolute Gasteiger partial charge is 0.266 e. The molecule has 128 valence electrons. The maximum Gasteiger partial charge on any atom is 0.266 e. The van der Waals surface area contributed by atoms with Gasteiger partial charge in [-0.3, -0.25) is 9.69 Å². The highest BCUT2D eigenvalue weighted by atomic mass is 35.5. The largest absolute Gasteiger partial charge is 0.353 e. The highest BCUT2D eigenvalue weighted by Gasteiger charge is 2.22. The van der Waals surface area contributed by atoms with E-state index in [1.165, 1.54) is 17.5 Å². The van der Waals surface area contributed by atoms with Crippen LogP contribution in [0.3, 0.4) is 0 Å². The first-order valence-corrected chi connectivity index (χ1v) is 8.58. The number of likely N-dealkylation sites (tertiary alicyclic amines) is 1. The van der Waals surface area contributed by atoms with Crippen LogP contribution in [0.1, 0.15) is 19.3 Å². The van der Waals surface area contributed by atoms with Crippen LogP contribution in [0.25, 0.3) is 0 Å². The zero-order chi connectivity index (χ0) is 16.8. The van der Waals surface area contributed by atoms with E-state index in [1.807, 2.05) is 0 Å². The fourth-order valence-electron chi connectivity index (χ4n) is 2.98. The standard InChI is InChI=1S/C16H21ClN6O/c17-13-10-18-16(19-11-13)20-12-14-4-1-2-7-22(14)8-9-23-15(24)5-3-6-21-23/h3,5-6,10-11,14H,1-2,4,7-9,12H2,(H,18,19,20). The SMILES string of the molecule is O=c1cccnn1CCN1CCCCC1CNc1ncc(Cl)cn1. The quantitative estimate of drug-likeness (QED) is 0.855. The molecule has 1 aliphatic rings. The highest BCUT2D eigenvalue weighted by Crippen LogP contribution is 2.17. The Kier molecular flexibility index (Phi) is 5.77. The van der Waals surface area contributed by atoms with Crippen molar-refractivity contribution in [1.29, 1.82) is 0 Å². The summed E-state index contributed by atoms with van der Waals surface area (Å²) in [6, 6.07) is 3.61. The lowest BCUT2D eigenvalue weighted by Crippen LogP contribution is -2.45. The van der Waals surface area contributed by atoms with E-state index >= 15 is 0 Å². The Bertz CT molecular complexity index is 704. The van der Waals surface area contributed by atoms with Crippen LogP contribution in [-0.2, 0) is 6.54 Å². The predicted molar refractivity (Wildman–Crippen MR) is 93.2 cm³/mol. The van der Waals surface area contributed by atoms with Crippen molar-refractivity contribution in [2.45, 2.75) is 31.8 Å². The number of nitrogens with one attached hydrogen (secondary N) is 1. The van der Waals surface area contributed by atoms with Crippen molar-refractivity contribution in [3.8, 4) is 0 Å². The monoisotopic (exact) mass is 348 g/mol. The summed E-state index contributed by atoms with van der Waals surface area (Å²) in [7, 11) is 0. The van der Waals surface area contributed by atoms with E-state index in [1.54, 1.807) is 30.7 Å². The molecule has 2 aromatic rings. The van der Waals surface area contributed by atoms with Crippen molar-refractivity contribution >= 4 is 17.5 Å². The second kappa shape index (κ2) is 8.21. The summed E-state index contributed by atoms with van der Waals surface area (Å²) in [5.41, 5.74) is -0.0567. The van der Waals surface area contributed by atoms with E-state index < -0.39 is 0 Å². The highest BCUT2D eigenvalue weighted by molar-refractivity contribution is 6.30. The van der Waals surface area contributed by atoms with Crippen molar-refractivity contribution in [1.82, 2.24) is 24.6 Å². The molecule has 1 aliphatic heterocycles. The van der Waals surface area contributed by atoms with E-state index in [4.69, 9.17) is 11.6 Å². The number of nitrogens with zero attached hydrogens (tertiary/aromatic N) is 5. The number of hydrogen-bond donors (Lipinski definition) is 1. The number of piperidine rings is 1. The van der Waals surface area contributed by atoms with Gasteiger partial charge in [-0.1, -0.05) is 18.0 Å². The summed E-state index contributed by atoms with van der Waals surface area (Å²) in [4.78, 5) is 22.5. The predicted octanol–water partition coefficient (Wildman–Crippen LogP) is 1.65. The molecule has 0 bridgehead atoms. The Balaban J connectivity index is 1.56. The Morgan fingerprint density at radius 3 is 2.88 bits per heavy atom. The minimum atomic E-state index is -0.0567. The van der Waals surface area contributed by atoms with Gasteiger partial charge in [-0.15, -0.1) is 0 Å². The molecule has 0 saturated carbocycles. The molecule has 1 N–H and O–H groups in total. The first-order chi connectivity index (χ1) is 11.7. The normalized spacial score (nSPS) is 18.5. The van der Waals surface area contributed by atoms with E-state index in [0.717, 1.165) is 26.1 Å². The van der Waals surface area contributed by atoms with Gasteiger partial charge < -0.3 is 5.32 Å². The summed E-state index contributed by atoms with van der Waals surface area (Å²) >= 11 is 5.80. The zero-order valence-electron chi connectivity index (χ0n) is 13.4. The third-order valence-electron chi connectivity index (χ3n) is 4.25. The fourth-order valence-corrected chi connectivity index (χ4v) is 3.07. The van der Waals surface area contributed by atoms with E-state index in [9.17, 15) is 4.79 Å². The van der Waals surface area contributed by atoms with Crippen molar-refractivity contribution in [2.75, 3.05) is 25.0 Å². The Morgan fingerprint density at radius 1 is 1.25 bits per heavy atom. The van der Waals surface area contributed by atoms with Crippen LogP contribution in [0, 0.1) is 0 Å². The van der Waals surface area contributed by atoms with Crippen molar-refractivity contribution < 1.29 is 0 Å². The van der Waals surface area contributed by atoms with Gasteiger partial charge in [0.25, 0.3) is 5.56 Å². The summed E-state index contributed by atoms with van der Waals surface area (Å²) in [6.45, 7) is 3.23. The van der Waals surface area contributed by atoms with E-state index in [-0.39, 0.29) is 5.56 Å². The Labute approximate surface area is 145 Å². The average Bonchev–Trinajstić information content (AvgIpc) is 2.61. The number of hydrogen-bond acceptors (Lipinski definition) is 6. The molecule has 0 spiro atoms. The summed E-state index contributed by atoms with van der Waals surface area (Å²) in [6.07, 6.45) is 8.34. The molecule has 2 aromatic heterocycles. The average molecular weight is 349 g/mol. The van der Waals surface area contributed by atoms with Gasteiger partial charge in [0.2, 0.25) is 5.95 Å². The summed E-state index contributed by atoms with van der Waals surface area (Å²) in [5, 5.41) is 7.92. The molecule has 24 heavy (non-hydrogen) atoms. The third-order valence-corrected chi connectivity index (χ3v) is 4.44. The molecular weight excluding hydrogens is 328 g/mol. The summed E-state index contributed by atoms with van der Waals surface area (Å²) in [5.74, 6) is 0.589. The van der Waals surface area contributed by atoms with Gasteiger partial charge in [-0.2, -0.15) is 5.10 Å². The third kappa shape index (κ3) is 4.52. The topological polar surface area (TPSA) is 75.9 Å². The molecular formula is C16H21ClN6O. The van der Waals surface area contributed by atoms with Gasteiger partial charge in [0.05, 0.1) is 24.0 Å². The molecule has 1 saturated heterocycles. The molecule has 0 aliphatic carbocycles. The first kappa shape index (κ1) is 16.9. The van der Waals surface area contributed by atoms with Crippen molar-refractivity contribution in [3.63, 3.8) is 0 Å². The number of aromatic nitrogens is 4. The Hall–Kier alpha value is -1.99. The lowest BCUT2D eigenvalue weighted by molar-refractivity contribution is 0.148. The first-order valence-electron chi connectivity index (χ1n) is 8.20. The zero-order valence-corrected chi connectivity index (χ0v) is 14.2. The van der Waals surface area contributed by atoms with Crippen LogP contribution in [-0.4, -0.2) is 50.3 Å². The Morgan fingerprint density at radius 2 is 2.08 bits per heavy atom. The van der Waals surface area contributed by atoms with E-state index in [0.29, 0.717) is 23.6 Å². The molecule has 0 radical (unpaired) electrons. The number of rotatable bonds is 6. The maximum absolute atomic E-state index is 11.8.